The van der Waals surface area contributed by atoms with E-state index in [-0.39, 0.29) is 5.69 Å². The molecule has 0 heterocycles. The molecule has 2 aromatic rings. The highest BCUT2D eigenvalue weighted by Crippen LogP contribution is 2.34. The molecule has 110 valence electrons. The van der Waals surface area contributed by atoms with Crippen LogP contribution in [-0.2, 0) is 6.18 Å². The Kier molecular flexibility index (Phi) is 4.53. The fourth-order valence-corrected chi connectivity index (χ4v) is 2.06. The van der Waals surface area contributed by atoms with E-state index in [1.807, 2.05) is 0 Å². The number of anilines is 1. The summed E-state index contributed by atoms with van der Waals surface area (Å²) in [5.74, 6) is 0. The van der Waals surface area contributed by atoms with Crippen molar-refractivity contribution in [2.24, 2.45) is 5.10 Å². The van der Waals surface area contributed by atoms with E-state index in [0.717, 1.165) is 6.07 Å². The average Bonchev–Trinajstić information content (AvgIpc) is 2.44. The van der Waals surface area contributed by atoms with Crippen LogP contribution in [0.25, 0.3) is 0 Å². The summed E-state index contributed by atoms with van der Waals surface area (Å²) in [4.78, 5) is 0. The summed E-state index contributed by atoms with van der Waals surface area (Å²) >= 11 is 6.02. The molecule has 1 N–H and O–H groups in total. The number of hydrazone groups is 1. The summed E-state index contributed by atoms with van der Waals surface area (Å²) < 4.78 is 38.6. The van der Waals surface area contributed by atoms with Crippen LogP contribution in [-0.4, -0.2) is 5.71 Å². The fourth-order valence-electron chi connectivity index (χ4n) is 1.79. The molecule has 21 heavy (non-hydrogen) atoms. The smallest absolute Gasteiger partial charge is 0.278 e. The van der Waals surface area contributed by atoms with Crippen LogP contribution >= 0.6 is 11.6 Å². The van der Waals surface area contributed by atoms with Gasteiger partial charge in [-0.25, -0.2) is 0 Å². The van der Waals surface area contributed by atoms with Gasteiger partial charge in [-0.1, -0.05) is 41.9 Å². The summed E-state index contributed by atoms with van der Waals surface area (Å²) in [6.07, 6.45) is -4.43. The summed E-state index contributed by atoms with van der Waals surface area (Å²) in [7, 11) is 0. The van der Waals surface area contributed by atoms with Gasteiger partial charge in [0.05, 0.1) is 17.0 Å². The summed E-state index contributed by atoms with van der Waals surface area (Å²) in [5, 5.41) is 4.47. The molecule has 0 aliphatic rings. The minimum absolute atomic E-state index is 0.101. The number of hydrogen-bond donors (Lipinski definition) is 1. The van der Waals surface area contributed by atoms with Crippen molar-refractivity contribution in [3.05, 3.63) is 64.7 Å². The molecule has 0 radical (unpaired) electrons. The molecule has 0 aliphatic carbocycles. The van der Waals surface area contributed by atoms with Gasteiger partial charge in [0.25, 0.3) is 0 Å². The van der Waals surface area contributed by atoms with E-state index in [1.165, 1.54) is 18.2 Å². The van der Waals surface area contributed by atoms with Crippen molar-refractivity contribution in [1.29, 1.82) is 0 Å². The summed E-state index contributed by atoms with van der Waals surface area (Å²) in [5.41, 5.74) is 2.75. The molecule has 2 rings (SSSR count). The molecule has 0 spiro atoms. The molecular formula is C15H12ClF3N2. The lowest BCUT2D eigenvalue weighted by Crippen LogP contribution is -2.09. The fraction of sp³-hybridized carbons (Fsp3) is 0.133. The van der Waals surface area contributed by atoms with Crippen molar-refractivity contribution < 1.29 is 13.2 Å². The summed E-state index contributed by atoms with van der Waals surface area (Å²) in [6.45, 7) is 1.67. The van der Waals surface area contributed by atoms with Gasteiger partial charge in [-0.15, -0.1) is 0 Å². The molecule has 0 bridgehead atoms. The molecule has 0 aliphatic heterocycles. The van der Waals surface area contributed by atoms with Crippen LogP contribution in [0.3, 0.4) is 0 Å². The first-order valence-corrected chi connectivity index (χ1v) is 6.49. The van der Waals surface area contributed by atoms with Crippen molar-refractivity contribution in [2.75, 3.05) is 5.43 Å². The van der Waals surface area contributed by atoms with Gasteiger partial charge < -0.3 is 0 Å². The number of benzene rings is 2. The van der Waals surface area contributed by atoms with E-state index < -0.39 is 11.7 Å². The number of nitrogens with zero attached hydrogens (tertiary/aromatic N) is 1. The minimum atomic E-state index is -4.43. The van der Waals surface area contributed by atoms with E-state index in [1.54, 1.807) is 31.2 Å². The topological polar surface area (TPSA) is 24.4 Å². The first-order valence-electron chi connectivity index (χ1n) is 6.11. The van der Waals surface area contributed by atoms with E-state index in [4.69, 9.17) is 11.6 Å². The molecule has 6 heteroatoms. The largest absolute Gasteiger partial charge is 0.418 e. The van der Waals surface area contributed by atoms with E-state index >= 15 is 0 Å². The number of hydrogen-bond acceptors (Lipinski definition) is 2. The van der Waals surface area contributed by atoms with Gasteiger partial charge in [0, 0.05) is 10.6 Å². The zero-order valence-electron chi connectivity index (χ0n) is 11.1. The molecule has 0 saturated heterocycles. The van der Waals surface area contributed by atoms with Crippen molar-refractivity contribution in [3.63, 3.8) is 0 Å². The van der Waals surface area contributed by atoms with Gasteiger partial charge in [-0.2, -0.15) is 18.3 Å². The van der Waals surface area contributed by atoms with Crippen LogP contribution in [0.15, 0.2) is 53.6 Å². The lowest BCUT2D eigenvalue weighted by atomic mass is 10.1. The molecular weight excluding hydrogens is 301 g/mol. The second-order valence-electron chi connectivity index (χ2n) is 4.33. The quantitative estimate of drug-likeness (QED) is 0.611. The van der Waals surface area contributed by atoms with Gasteiger partial charge in [-0.3, -0.25) is 5.43 Å². The molecule has 2 aromatic carbocycles. The van der Waals surface area contributed by atoms with Crippen LogP contribution in [0.4, 0.5) is 18.9 Å². The Hall–Kier alpha value is -2.01. The van der Waals surface area contributed by atoms with Crippen LogP contribution in [0.2, 0.25) is 5.02 Å². The van der Waals surface area contributed by atoms with Crippen molar-refractivity contribution in [2.45, 2.75) is 13.1 Å². The van der Waals surface area contributed by atoms with Crippen LogP contribution < -0.4 is 5.43 Å². The molecule has 2 nitrogen and oxygen atoms in total. The van der Waals surface area contributed by atoms with Gasteiger partial charge in [-0.05, 0) is 25.1 Å². The maximum Gasteiger partial charge on any atom is 0.418 e. The standard InChI is InChI=1S/C15H12ClF3N2/c1-10(11-6-2-4-8-13(11)16)20-21-14-9-5-3-7-12(14)15(17,18)19/h2-9,21H,1H3/b20-10-. The van der Waals surface area contributed by atoms with Gasteiger partial charge in [0.2, 0.25) is 0 Å². The molecule has 0 aromatic heterocycles. The Labute approximate surface area is 125 Å². The molecule has 0 fully saturated rings. The van der Waals surface area contributed by atoms with Gasteiger partial charge in [0.1, 0.15) is 0 Å². The Bertz CT molecular complexity index is 666. The first kappa shape index (κ1) is 15.4. The normalized spacial score (nSPS) is 12.3. The average molecular weight is 313 g/mol. The Balaban J connectivity index is 2.28. The highest BCUT2D eigenvalue weighted by molar-refractivity contribution is 6.34. The highest BCUT2D eigenvalue weighted by Gasteiger charge is 2.33. The number of para-hydroxylation sites is 1. The lowest BCUT2D eigenvalue weighted by Gasteiger charge is -2.12. The van der Waals surface area contributed by atoms with E-state index in [2.05, 4.69) is 10.5 Å². The third-order valence-corrected chi connectivity index (χ3v) is 3.17. The van der Waals surface area contributed by atoms with Crippen molar-refractivity contribution in [3.8, 4) is 0 Å². The number of halogens is 4. The van der Waals surface area contributed by atoms with Crippen LogP contribution in [0.5, 0.6) is 0 Å². The van der Waals surface area contributed by atoms with Crippen molar-refractivity contribution >= 4 is 23.0 Å². The number of nitrogens with one attached hydrogen (secondary N) is 1. The zero-order chi connectivity index (χ0) is 15.5. The third-order valence-electron chi connectivity index (χ3n) is 2.84. The third kappa shape index (κ3) is 3.76. The van der Waals surface area contributed by atoms with E-state index in [9.17, 15) is 13.2 Å². The Morgan fingerprint density at radius 2 is 1.67 bits per heavy atom. The maximum atomic E-state index is 12.9. The van der Waals surface area contributed by atoms with Gasteiger partial charge in [0.15, 0.2) is 0 Å². The summed E-state index contributed by atoms with van der Waals surface area (Å²) in [6, 6.07) is 12.2. The monoisotopic (exact) mass is 312 g/mol. The zero-order valence-corrected chi connectivity index (χ0v) is 11.8. The predicted octanol–water partition coefficient (Wildman–Crippen LogP) is 5.19. The molecule has 0 atom stereocenters. The van der Waals surface area contributed by atoms with Crippen molar-refractivity contribution in [1.82, 2.24) is 0 Å². The second kappa shape index (κ2) is 6.18. The Morgan fingerprint density at radius 1 is 1.05 bits per heavy atom. The van der Waals surface area contributed by atoms with E-state index in [0.29, 0.717) is 16.3 Å². The molecule has 0 saturated carbocycles. The van der Waals surface area contributed by atoms with Gasteiger partial charge >= 0.3 is 6.18 Å². The molecule has 0 unspecified atom stereocenters. The minimum Gasteiger partial charge on any atom is -0.278 e. The predicted molar refractivity (Wildman–Crippen MR) is 78.7 cm³/mol. The lowest BCUT2D eigenvalue weighted by molar-refractivity contribution is -0.136. The Morgan fingerprint density at radius 3 is 2.33 bits per heavy atom. The number of alkyl halides is 3. The number of rotatable bonds is 3. The van der Waals surface area contributed by atoms with Crippen LogP contribution in [0, 0.1) is 0 Å². The highest BCUT2D eigenvalue weighted by atomic mass is 35.5. The molecule has 0 amide bonds. The van der Waals surface area contributed by atoms with Crippen LogP contribution in [0.1, 0.15) is 18.1 Å². The maximum absolute atomic E-state index is 12.9. The second-order valence-corrected chi connectivity index (χ2v) is 4.74. The first-order chi connectivity index (χ1) is 9.89. The SMILES string of the molecule is C/C(=N/Nc1ccccc1C(F)(F)F)c1ccccc1Cl.